The van der Waals surface area contributed by atoms with E-state index in [9.17, 15) is 13.2 Å². The van der Waals surface area contributed by atoms with E-state index in [0.29, 0.717) is 13.0 Å². The second-order valence-corrected chi connectivity index (χ2v) is 10.4. The summed E-state index contributed by atoms with van der Waals surface area (Å²) in [4.78, 5) is 0. The van der Waals surface area contributed by atoms with Gasteiger partial charge >= 0.3 is 6.18 Å². The smallest absolute Gasteiger partial charge is 0.377 e. The van der Waals surface area contributed by atoms with E-state index >= 15 is 0 Å². The lowest BCUT2D eigenvalue weighted by Crippen LogP contribution is -2.44. The van der Waals surface area contributed by atoms with Crippen LogP contribution < -0.4 is 0 Å². The Morgan fingerprint density at radius 3 is 2.07 bits per heavy atom. The second kappa shape index (κ2) is 5.23. The van der Waals surface area contributed by atoms with E-state index in [1.54, 1.807) is 0 Å². The van der Waals surface area contributed by atoms with E-state index in [-0.39, 0.29) is 0 Å². The monoisotopic (exact) mass is 416 g/mol. The Balaban J connectivity index is 2.80. The van der Waals surface area contributed by atoms with E-state index in [2.05, 4.69) is 47.8 Å². The fraction of sp³-hybridized carbons (Fsp3) is 1.00. The highest BCUT2D eigenvalue weighted by molar-refractivity contribution is 9.39. The Bertz CT molecular complexity index is 194. The predicted octanol–water partition coefficient (Wildman–Crippen LogP) is 4.57. The van der Waals surface area contributed by atoms with Crippen molar-refractivity contribution in [1.82, 2.24) is 0 Å². The highest BCUT2D eigenvalue weighted by atomic mass is 80.0. The molecule has 2 unspecified atom stereocenters. The molecule has 0 spiro atoms. The number of alkyl halides is 6. The Kier molecular flexibility index (Phi) is 4.97. The van der Waals surface area contributed by atoms with Gasteiger partial charge in [-0.2, -0.15) is 13.2 Å². The molecule has 0 aromatic heterocycles. The van der Waals surface area contributed by atoms with Crippen molar-refractivity contribution in [2.45, 2.75) is 33.7 Å². The Labute approximate surface area is 112 Å². The fourth-order valence-corrected chi connectivity index (χ4v) is 3.30. The number of hydrogen-bond donors (Lipinski definition) is 0. The van der Waals surface area contributed by atoms with Gasteiger partial charge in [0, 0.05) is 6.61 Å². The van der Waals surface area contributed by atoms with Gasteiger partial charge in [-0.05, 0) is 19.3 Å². The van der Waals surface area contributed by atoms with Gasteiger partial charge in [0.25, 0.3) is 0 Å². The highest BCUT2D eigenvalue weighted by Gasteiger charge is 2.55. The number of rotatable bonds is 1. The van der Waals surface area contributed by atoms with Crippen molar-refractivity contribution in [3.63, 3.8) is 0 Å². The van der Waals surface area contributed by atoms with Gasteiger partial charge in [0.15, 0.2) is 0 Å². The van der Waals surface area contributed by atoms with Crippen molar-refractivity contribution in [2.24, 2.45) is 5.92 Å². The molecule has 0 aliphatic carbocycles. The maximum atomic E-state index is 12.8. The first-order valence-corrected chi connectivity index (χ1v) is 6.86. The fourth-order valence-electron chi connectivity index (χ4n) is 1.64. The lowest BCUT2D eigenvalue weighted by atomic mass is 9.97. The lowest BCUT2D eigenvalue weighted by Gasteiger charge is -2.36. The van der Waals surface area contributed by atoms with Crippen LogP contribution in [0.2, 0.25) is 0 Å². The molecule has 1 nitrogen and oxygen atoms in total. The summed E-state index contributed by atoms with van der Waals surface area (Å²) in [6, 6.07) is 0. The van der Waals surface area contributed by atoms with E-state index in [0.717, 1.165) is 12.8 Å². The summed E-state index contributed by atoms with van der Waals surface area (Å²) >= 11 is 8.85. The van der Waals surface area contributed by atoms with Crippen LogP contribution in [0.5, 0.6) is 0 Å². The normalized spacial score (nSPS) is 26.4. The molecule has 15 heavy (non-hydrogen) atoms. The summed E-state index contributed by atoms with van der Waals surface area (Å²) in [5.41, 5.74) is 0. The average Bonchev–Trinajstić information content (AvgIpc) is 2.00. The molecule has 0 aromatic carbocycles. The summed E-state index contributed by atoms with van der Waals surface area (Å²) in [5.74, 6) is -1.61. The van der Waals surface area contributed by atoms with E-state index in [4.69, 9.17) is 4.74 Å². The third kappa shape index (κ3) is 4.16. The third-order valence-corrected chi connectivity index (χ3v) is 3.77. The van der Waals surface area contributed by atoms with Crippen molar-refractivity contribution in [3.05, 3.63) is 0 Å². The zero-order chi connectivity index (χ0) is 11.7. The van der Waals surface area contributed by atoms with Crippen LogP contribution in [0.15, 0.2) is 0 Å². The van der Waals surface area contributed by atoms with Crippen LogP contribution in [0.4, 0.5) is 13.2 Å². The average molecular weight is 419 g/mol. The van der Waals surface area contributed by atoms with Crippen LogP contribution >= 0.6 is 47.8 Å². The van der Waals surface area contributed by atoms with Gasteiger partial charge < -0.3 is 4.74 Å². The van der Waals surface area contributed by atoms with Crippen molar-refractivity contribution in [1.29, 1.82) is 0 Å². The van der Waals surface area contributed by atoms with Gasteiger partial charge in [-0.25, -0.2) is 0 Å². The molecule has 1 heterocycles. The quantitative estimate of drug-likeness (QED) is 0.567. The molecule has 0 amide bonds. The molecule has 7 heteroatoms. The first-order chi connectivity index (χ1) is 6.73. The molecule has 2 atom stereocenters. The van der Waals surface area contributed by atoms with Crippen molar-refractivity contribution in [2.75, 3.05) is 6.61 Å². The maximum absolute atomic E-state index is 12.8. The molecule has 1 aliphatic heterocycles. The minimum Gasteiger partial charge on any atom is -0.377 e. The minimum absolute atomic E-state index is 0.403. The second-order valence-electron chi connectivity index (χ2n) is 3.47. The van der Waals surface area contributed by atoms with Crippen molar-refractivity contribution >= 4 is 47.8 Å². The molecule has 1 rings (SSSR count). The van der Waals surface area contributed by atoms with Crippen molar-refractivity contribution in [3.8, 4) is 0 Å². The summed E-state index contributed by atoms with van der Waals surface area (Å²) < 4.78 is 42.3. The van der Waals surface area contributed by atoms with Gasteiger partial charge in [0.05, 0.1) is 6.10 Å². The number of hydrogen-bond acceptors (Lipinski definition) is 1. The Hall–Kier alpha value is 1.19. The maximum Gasteiger partial charge on any atom is 0.397 e. The van der Waals surface area contributed by atoms with Crippen LogP contribution in [0.1, 0.15) is 19.3 Å². The van der Waals surface area contributed by atoms with Gasteiger partial charge in [-0.1, -0.05) is 47.8 Å². The van der Waals surface area contributed by atoms with Gasteiger partial charge in [0.1, 0.15) is 8.06 Å². The molecule has 0 aromatic rings. The molecule has 0 saturated carbocycles. The predicted molar refractivity (Wildman–Crippen MR) is 62.6 cm³/mol. The molecule has 0 bridgehead atoms. The summed E-state index contributed by atoms with van der Waals surface area (Å²) in [6.45, 7) is 0.403. The van der Waals surface area contributed by atoms with Gasteiger partial charge in [-0.3, -0.25) is 0 Å². The Morgan fingerprint density at radius 2 is 1.73 bits per heavy atom. The zero-order valence-electron chi connectivity index (χ0n) is 7.66. The molecule has 1 saturated heterocycles. The molecule has 0 radical (unpaired) electrons. The van der Waals surface area contributed by atoms with Crippen LogP contribution in [0.25, 0.3) is 0 Å². The van der Waals surface area contributed by atoms with Crippen molar-refractivity contribution < 1.29 is 17.9 Å². The van der Waals surface area contributed by atoms with E-state index in [1.807, 2.05) is 0 Å². The number of ether oxygens (including phenoxy) is 1. The topological polar surface area (TPSA) is 9.23 Å². The number of halogens is 6. The first kappa shape index (κ1) is 14.3. The van der Waals surface area contributed by atoms with Crippen LogP contribution in [0, 0.1) is 5.92 Å². The van der Waals surface area contributed by atoms with Gasteiger partial charge in [-0.15, -0.1) is 0 Å². The molecular weight excluding hydrogens is 409 g/mol. The van der Waals surface area contributed by atoms with E-state index < -0.39 is 20.3 Å². The summed E-state index contributed by atoms with van der Waals surface area (Å²) in [7, 11) is 0. The minimum atomic E-state index is -4.31. The first-order valence-electron chi connectivity index (χ1n) is 4.48. The largest absolute Gasteiger partial charge is 0.397 e. The summed E-state index contributed by atoms with van der Waals surface area (Å²) in [6.07, 6.45) is -3.05. The molecule has 90 valence electrons. The standard InChI is InChI=1S/C8H10Br3F3O/c9-7(10,11)6(8(12,13)14)5-3-1-2-4-15-5/h5-6H,1-4H2. The molecular formula is C8H10Br3F3O. The van der Waals surface area contributed by atoms with Crippen LogP contribution in [-0.4, -0.2) is 21.0 Å². The Morgan fingerprint density at radius 1 is 1.13 bits per heavy atom. The SMILES string of the molecule is FC(F)(F)C(C1CCCCO1)C(Br)(Br)Br. The zero-order valence-corrected chi connectivity index (χ0v) is 12.4. The third-order valence-electron chi connectivity index (χ3n) is 2.29. The highest BCUT2D eigenvalue weighted by Crippen LogP contribution is 2.51. The van der Waals surface area contributed by atoms with Crippen LogP contribution in [-0.2, 0) is 4.74 Å². The van der Waals surface area contributed by atoms with E-state index in [1.165, 1.54) is 0 Å². The molecule has 1 fully saturated rings. The molecule has 1 aliphatic rings. The van der Waals surface area contributed by atoms with Crippen LogP contribution in [0.3, 0.4) is 0 Å². The summed E-state index contributed by atoms with van der Waals surface area (Å²) in [5, 5.41) is 0. The van der Waals surface area contributed by atoms with Gasteiger partial charge in [0.2, 0.25) is 0 Å². The molecule has 0 N–H and O–H groups in total. The lowest BCUT2D eigenvalue weighted by molar-refractivity contribution is -0.208.